The Balaban J connectivity index is 2.15. The first-order valence-electron chi connectivity index (χ1n) is 7.13. The number of hydrogen-bond donors (Lipinski definition) is 1. The van der Waals surface area contributed by atoms with Crippen LogP contribution in [0, 0.1) is 3.57 Å². The first-order valence-corrected chi connectivity index (χ1v) is 8.21. The number of aromatic carboxylic acids is 1. The zero-order valence-corrected chi connectivity index (χ0v) is 14.6. The minimum absolute atomic E-state index is 0.0178. The molecule has 0 bridgehead atoms. The molecular formula is C18H12INO4. The average molecular weight is 433 g/mol. The second kappa shape index (κ2) is 6.56. The molecule has 3 rings (SSSR count). The highest BCUT2D eigenvalue weighted by Crippen LogP contribution is 2.15. The van der Waals surface area contributed by atoms with Crippen molar-refractivity contribution in [2.24, 2.45) is 0 Å². The number of carbonyl (C=O) groups is 2. The van der Waals surface area contributed by atoms with Crippen molar-refractivity contribution in [2.75, 3.05) is 0 Å². The van der Waals surface area contributed by atoms with Gasteiger partial charge in [-0.2, -0.15) is 0 Å². The van der Waals surface area contributed by atoms with E-state index in [1.807, 2.05) is 24.3 Å². The van der Waals surface area contributed by atoms with Gasteiger partial charge >= 0.3 is 5.97 Å². The van der Waals surface area contributed by atoms with E-state index in [0.29, 0.717) is 10.9 Å². The second-order valence-corrected chi connectivity index (χ2v) is 6.51. The maximum absolute atomic E-state index is 12.7. The SMILES string of the molecule is O=C(O)c1cc2ccccc2n(C(=O)Cc2ccc(I)cc2)c1=O. The molecular weight excluding hydrogens is 421 g/mol. The molecule has 120 valence electrons. The predicted octanol–water partition coefficient (Wildman–Crippen LogP) is 3.19. The van der Waals surface area contributed by atoms with Crippen molar-refractivity contribution >= 4 is 45.4 Å². The van der Waals surface area contributed by atoms with Crippen LogP contribution in [0.15, 0.2) is 59.4 Å². The molecule has 0 fully saturated rings. The van der Waals surface area contributed by atoms with Crippen molar-refractivity contribution in [3.63, 3.8) is 0 Å². The lowest BCUT2D eigenvalue weighted by Gasteiger charge is -2.10. The maximum Gasteiger partial charge on any atom is 0.341 e. The fourth-order valence-corrected chi connectivity index (χ4v) is 2.88. The van der Waals surface area contributed by atoms with Crippen molar-refractivity contribution in [2.45, 2.75) is 6.42 Å². The van der Waals surface area contributed by atoms with Crippen LogP contribution >= 0.6 is 22.6 Å². The summed E-state index contributed by atoms with van der Waals surface area (Å²) in [7, 11) is 0. The number of carbonyl (C=O) groups excluding carboxylic acids is 1. The average Bonchev–Trinajstić information content (AvgIpc) is 2.56. The van der Waals surface area contributed by atoms with Crippen molar-refractivity contribution in [3.05, 3.63) is 79.6 Å². The Bertz CT molecular complexity index is 1010. The number of pyridine rings is 1. The van der Waals surface area contributed by atoms with Gasteiger partial charge in [0.1, 0.15) is 5.56 Å². The van der Waals surface area contributed by atoms with E-state index < -0.39 is 23.0 Å². The molecule has 1 N–H and O–H groups in total. The van der Waals surface area contributed by atoms with E-state index in [-0.39, 0.29) is 6.42 Å². The number of hydrogen-bond acceptors (Lipinski definition) is 3. The summed E-state index contributed by atoms with van der Waals surface area (Å²) in [6, 6.07) is 15.4. The van der Waals surface area contributed by atoms with Crippen LogP contribution in [0.25, 0.3) is 10.9 Å². The number of nitrogens with zero attached hydrogens (tertiary/aromatic N) is 1. The Morgan fingerprint density at radius 3 is 2.38 bits per heavy atom. The Labute approximate surface area is 150 Å². The fraction of sp³-hybridized carbons (Fsp3) is 0.0556. The van der Waals surface area contributed by atoms with Gasteiger partial charge < -0.3 is 5.11 Å². The lowest BCUT2D eigenvalue weighted by Crippen LogP contribution is -2.32. The first kappa shape index (κ1) is 16.4. The minimum Gasteiger partial charge on any atom is -0.477 e. The minimum atomic E-state index is -1.35. The second-order valence-electron chi connectivity index (χ2n) is 5.26. The largest absolute Gasteiger partial charge is 0.477 e. The topological polar surface area (TPSA) is 76.4 Å². The van der Waals surface area contributed by atoms with Crippen molar-refractivity contribution in [1.82, 2.24) is 4.57 Å². The number of para-hydroxylation sites is 1. The monoisotopic (exact) mass is 433 g/mol. The third-order valence-electron chi connectivity index (χ3n) is 3.66. The normalized spacial score (nSPS) is 10.7. The third-order valence-corrected chi connectivity index (χ3v) is 4.38. The third kappa shape index (κ3) is 3.09. The number of halogens is 1. The van der Waals surface area contributed by atoms with Gasteiger partial charge in [-0.1, -0.05) is 30.3 Å². The van der Waals surface area contributed by atoms with Crippen molar-refractivity contribution < 1.29 is 14.7 Å². The maximum atomic E-state index is 12.7. The summed E-state index contributed by atoms with van der Waals surface area (Å²) < 4.78 is 2.00. The quantitative estimate of drug-likeness (QED) is 0.644. The van der Waals surface area contributed by atoms with E-state index in [9.17, 15) is 19.5 Å². The van der Waals surface area contributed by atoms with Gasteiger partial charge in [0, 0.05) is 3.57 Å². The van der Waals surface area contributed by atoms with Crippen LogP contribution in [0.3, 0.4) is 0 Å². The van der Waals surface area contributed by atoms with Gasteiger partial charge in [-0.15, -0.1) is 0 Å². The van der Waals surface area contributed by atoms with Crippen molar-refractivity contribution in [3.8, 4) is 0 Å². The van der Waals surface area contributed by atoms with Crippen LogP contribution < -0.4 is 5.56 Å². The molecule has 0 saturated heterocycles. The molecule has 2 aromatic carbocycles. The Kier molecular flexibility index (Phi) is 4.48. The van der Waals surface area contributed by atoms with Crippen LogP contribution in [-0.2, 0) is 6.42 Å². The van der Waals surface area contributed by atoms with Gasteiger partial charge in [0.15, 0.2) is 0 Å². The Morgan fingerprint density at radius 1 is 1.04 bits per heavy atom. The van der Waals surface area contributed by atoms with Crippen molar-refractivity contribution in [1.29, 1.82) is 0 Å². The zero-order valence-electron chi connectivity index (χ0n) is 12.4. The number of benzene rings is 2. The summed E-state index contributed by atoms with van der Waals surface area (Å²) in [5.41, 5.74) is -0.0542. The molecule has 0 unspecified atom stereocenters. The molecule has 24 heavy (non-hydrogen) atoms. The molecule has 0 saturated carbocycles. The number of fused-ring (bicyclic) bond motifs is 1. The molecule has 0 radical (unpaired) electrons. The highest BCUT2D eigenvalue weighted by molar-refractivity contribution is 14.1. The molecule has 5 nitrogen and oxygen atoms in total. The van der Waals surface area contributed by atoms with Gasteiger partial charge in [-0.05, 0) is 57.8 Å². The lowest BCUT2D eigenvalue weighted by molar-refractivity contribution is 0.0694. The summed E-state index contributed by atoms with van der Waals surface area (Å²) in [6.07, 6.45) is 0.0178. The summed E-state index contributed by atoms with van der Waals surface area (Å²) in [5.74, 6) is -1.80. The van der Waals surface area contributed by atoms with Gasteiger partial charge in [0.25, 0.3) is 5.56 Å². The summed E-state index contributed by atoms with van der Waals surface area (Å²) >= 11 is 2.16. The molecule has 3 aromatic rings. The number of rotatable bonds is 3. The van der Waals surface area contributed by atoms with Crippen LogP contribution in [0.5, 0.6) is 0 Å². The van der Waals surface area contributed by atoms with Crippen LogP contribution in [0.4, 0.5) is 0 Å². The number of aromatic nitrogens is 1. The van der Waals surface area contributed by atoms with E-state index in [0.717, 1.165) is 13.7 Å². The summed E-state index contributed by atoms with van der Waals surface area (Å²) in [5, 5.41) is 9.76. The number of carboxylic acids is 1. The van der Waals surface area contributed by atoms with Gasteiger partial charge in [-0.25, -0.2) is 9.36 Å². The van der Waals surface area contributed by atoms with Crippen LogP contribution in [0.1, 0.15) is 20.7 Å². The van der Waals surface area contributed by atoms with E-state index in [1.54, 1.807) is 24.3 Å². The molecule has 0 atom stereocenters. The van der Waals surface area contributed by atoms with Gasteiger partial charge in [0.2, 0.25) is 5.91 Å². The van der Waals surface area contributed by atoms with Crippen LogP contribution in [0.2, 0.25) is 0 Å². The predicted molar refractivity (Wildman–Crippen MR) is 98.7 cm³/mol. The van der Waals surface area contributed by atoms with E-state index in [1.165, 1.54) is 6.07 Å². The first-order chi connectivity index (χ1) is 11.5. The molecule has 0 amide bonds. The smallest absolute Gasteiger partial charge is 0.341 e. The van der Waals surface area contributed by atoms with Gasteiger partial charge in [-0.3, -0.25) is 9.59 Å². The zero-order chi connectivity index (χ0) is 17.3. The highest BCUT2D eigenvalue weighted by Gasteiger charge is 2.18. The fourth-order valence-electron chi connectivity index (χ4n) is 2.52. The Hall–Kier alpha value is -2.48. The molecule has 1 aromatic heterocycles. The van der Waals surface area contributed by atoms with Crippen LogP contribution in [-0.4, -0.2) is 21.6 Å². The van der Waals surface area contributed by atoms with E-state index in [2.05, 4.69) is 22.6 Å². The molecule has 1 heterocycles. The summed E-state index contributed by atoms with van der Waals surface area (Å²) in [6.45, 7) is 0. The lowest BCUT2D eigenvalue weighted by atomic mass is 10.1. The van der Waals surface area contributed by atoms with Gasteiger partial charge in [0.05, 0.1) is 11.9 Å². The molecule has 0 aliphatic carbocycles. The molecule has 6 heteroatoms. The molecule has 0 aliphatic heterocycles. The molecule has 0 aliphatic rings. The standard InChI is InChI=1S/C18H12INO4/c19-13-7-5-11(6-8-13)9-16(21)20-15-4-2-1-3-12(15)10-14(17(20)22)18(23)24/h1-8,10H,9H2,(H,23,24). The van der Waals surface area contributed by atoms with E-state index in [4.69, 9.17) is 0 Å². The number of carboxylic acid groups (broad SMARTS) is 1. The van der Waals surface area contributed by atoms with E-state index >= 15 is 0 Å². The highest BCUT2D eigenvalue weighted by atomic mass is 127. The summed E-state index contributed by atoms with van der Waals surface area (Å²) in [4.78, 5) is 36.5. The Morgan fingerprint density at radius 2 is 1.71 bits per heavy atom. The molecule has 0 spiro atoms.